The number of aldehydes is 1. The van der Waals surface area contributed by atoms with Crippen molar-refractivity contribution in [2.24, 2.45) is 22.7 Å². The van der Waals surface area contributed by atoms with Crippen LogP contribution in [-0.2, 0) is 19.1 Å². The van der Waals surface area contributed by atoms with E-state index in [1.54, 1.807) is 6.08 Å². The first-order valence-corrected chi connectivity index (χ1v) is 11.9. The zero-order chi connectivity index (χ0) is 22.2. The fraction of sp³-hybridized carbons (Fsp3) is 0.593. The third-order valence-electron chi connectivity index (χ3n) is 8.35. The Kier molecular flexibility index (Phi) is 5.93. The summed E-state index contributed by atoms with van der Waals surface area (Å²) in [7, 11) is 0. The van der Waals surface area contributed by atoms with Crippen molar-refractivity contribution in [2.45, 2.75) is 78.6 Å². The van der Waals surface area contributed by atoms with Crippen LogP contribution in [0, 0.1) is 22.7 Å². The number of ether oxygens (including phenoxy) is 1. The average Bonchev–Trinajstić information content (AvgIpc) is 3.10. The Morgan fingerprint density at radius 1 is 1.23 bits per heavy atom. The molecule has 2 saturated carbocycles. The third-order valence-corrected chi connectivity index (χ3v) is 8.35. The van der Waals surface area contributed by atoms with Crippen molar-refractivity contribution < 1.29 is 19.1 Å². The molecule has 4 heteroatoms. The summed E-state index contributed by atoms with van der Waals surface area (Å²) in [4.78, 5) is 36.1. The molecule has 0 aromatic heterocycles. The van der Waals surface area contributed by atoms with Gasteiger partial charge in [-0.1, -0.05) is 50.0 Å². The Bertz CT molecular complexity index is 918. The first-order valence-electron chi connectivity index (χ1n) is 11.9. The van der Waals surface area contributed by atoms with Crippen LogP contribution in [0.25, 0.3) is 0 Å². The summed E-state index contributed by atoms with van der Waals surface area (Å²) in [6, 6.07) is 0. The summed E-state index contributed by atoms with van der Waals surface area (Å²) in [6.45, 7) is 6.58. The molecule has 2 fully saturated rings. The Morgan fingerprint density at radius 3 is 2.77 bits per heavy atom. The maximum atomic E-state index is 12.3. The molecule has 0 aromatic rings. The van der Waals surface area contributed by atoms with Crippen molar-refractivity contribution in [3.63, 3.8) is 0 Å². The van der Waals surface area contributed by atoms with Gasteiger partial charge in [0.25, 0.3) is 0 Å². The second-order valence-electron chi connectivity index (χ2n) is 10.1. The van der Waals surface area contributed by atoms with Crippen LogP contribution in [0.4, 0.5) is 0 Å². The van der Waals surface area contributed by atoms with Gasteiger partial charge in [0.05, 0.1) is 0 Å². The minimum atomic E-state index is -0.292. The molecule has 0 amide bonds. The van der Waals surface area contributed by atoms with E-state index < -0.39 is 0 Å². The highest BCUT2D eigenvalue weighted by Gasteiger charge is 2.54. The molecule has 0 aliphatic heterocycles. The predicted molar refractivity (Wildman–Crippen MR) is 120 cm³/mol. The molecule has 0 saturated heterocycles. The van der Waals surface area contributed by atoms with Crippen molar-refractivity contribution >= 4 is 18.0 Å². The number of carbonyl (C=O) groups excluding carboxylic acids is 3. The summed E-state index contributed by atoms with van der Waals surface area (Å²) in [5.41, 5.74) is 3.37. The number of unbranched alkanes of at least 4 members (excludes halogenated alkanes) is 2. The van der Waals surface area contributed by atoms with E-state index in [1.165, 1.54) is 11.1 Å². The minimum Gasteiger partial charge on any atom is -0.423 e. The monoisotopic (exact) mass is 422 g/mol. The molecule has 4 nitrogen and oxygen atoms in total. The topological polar surface area (TPSA) is 60.4 Å². The lowest BCUT2D eigenvalue weighted by Gasteiger charge is -2.51. The van der Waals surface area contributed by atoms with E-state index in [-0.39, 0.29) is 28.3 Å². The van der Waals surface area contributed by atoms with E-state index in [1.807, 2.05) is 6.08 Å². The normalized spacial score (nSPS) is 35.4. The third kappa shape index (κ3) is 3.68. The number of ketones is 1. The number of esters is 1. The Hall–Kier alpha value is -2.23. The molecular formula is C27H34O4. The zero-order valence-corrected chi connectivity index (χ0v) is 19.0. The first-order chi connectivity index (χ1) is 14.8. The molecule has 0 radical (unpaired) electrons. The van der Waals surface area contributed by atoms with Gasteiger partial charge in [0.2, 0.25) is 0 Å². The summed E-state index contributed by atoms with van der Waals surface area (Å²) < 4.78 is 5.59. The number of allylic oxidation sites excluding steroid dienone is 8. The van der Waals surface area contributed by atoms with Gasteiger partial charge in [-0.05, 0) is 80.4 Å². The van der Waals surface area contributed by atoms with E-state index in [2.05, 4.69) is 32.9 Å². The van der Waals surface area contributed by atoms with Crippen LogP contribution >= 0.6 is 0 Å². The van der Waals surface area contributed by atoms with Crippen molar-refractivity contribution in [3.05, 3.63) is 46.8 Å². The van der Waals surface area contributed by atoms with Crippen LogP contribution in [0.3, 0.4) is 0 Å². The molecule has 0 bridgehead atoms. The maximum Gasteiger partial charge on any atom is 0.311 e. The van der Waals surface area contributed by atoms with Crippen molar-refractivity contribution in [3.8, 4) is 0 Å². The number of fused-ring (bicyclic) bond motifs is 5. The lowest BCUT2D eigenvalue weighted by atomic mass is 9.53. The lowest BCUT2D eigenvalue weighted by Crippen LogP contribution is -2.42. The van der Waals surface area contributed by atoms with Crippen LogP contribution in [0.1, 0.15) is 78.6 Å². The van der Waals surface area contributed by atoms with Gasteiger partial charge < -0.3 is 4.74 Å². The molecule has 166 valence electrons. The van der Waals surface area contributed by atoms with Crippen LogP contribution in [0.2, 0.25) is 0 Å². The van der Waals surface area contributed by atoms with Gasteiger partial charge in [0.15, 0.2) is 17.8 Å². The maximum absolute atomic E-state index is 12.3. The first kappa shape index (κ1) is 22.0. The van der Waals surface area contributed by atoms with Gasteiger partial charge in [-0.3, -0.25) is 14.4 Å². The highest BCUT2D eigenvalue weighted by Crippen LogP contribution is 2.64. The molecule has 0 unspecified atom stereocenters. The number of carbonyl (C=O) groups is 3. The van der Waals surface area contributed by atoms with Crippen LogP contribution < -0.4 is 0 Å². The molecular weight excluding hydrogens is 388 g/mol. The minimum absolute atomic E-state index is 0.0923. The molecule has 0 aromatic carbocycles. The van der Waals surface area contributed by atoms with Crippen molar-refractivity contribution in [1.82, 2.24) is 0 Å². The van der Waals surface area contributed by atoms with Crippen LogP contribution in [-0.4, -0.2) is 18.0 Å². The van der Waals surface area contributed by atoms with E-state index in [4.69, 9.17) is 4.74 Å². The summed E-state index contributed by atoms with van der Waals surface area (Å²) >= 11 is 0. The fourth-order valence-electron chi connectivity index (χ4n) is 6.60. The highest BCUT2D eigenvalue weighted by molar-refractivity contribution is 6.01. The van der Waals surface area contributed by atoms with Gasteiger partial charge in [0, 0.05) is 11.8 Å². The molecule has 4 aliphatic rings. The van der Waals surface area contributed by atoms with E-state index in [9.17, 15) is 14.4 Å². The van der Waals surface area contributed by atoms with Gasteiger partial charge in [-0.25, -0.2) is 0 Å². The van der Waals surface area contributed by atoms with Crippen LogP contribution in [0.15, 0.2) is 46.8 Å². The molecule has 4 aliphatic carbocycles. The van der Waals surface area contributed by atoms with E-state index >= 15 is 0 Å². The molecule has 0 heterocycles. The highest BCUT2D eigenvalue weighted by atomic mass is 16.5. The zero-order valence-electron chi connectivity index (χ0n) is 19.0. The number of rotatable bonds is 6. The lowest BCUT2D eigenvalue weighted by molar-refractivity contribution is -0.141. The SMILES string of the molecule is CCCCCC(=O)OC(C=O)=C1CC[C@H]2[C@@H]3CCC4=CC(=O)C=C[C@]4(C)C3=CC[C@]12C. The second-order valence-corrected chi connectivity index (χ2v) is 10.1. The quantitative estimate of drug-likeness (QED) is 0.136. The molecule has 4 atom stereocenters. The molecule has 0 N–H and O–H groups in total. The molecule has 4 rings (SSSR count). The Morgan fingerprint density at radius 2 is 2.03 bits per heavy atom. The second kappa shape index (κ2) is 8.37. The van der Waals surface area contributed by atoms with Gasteiger partial charge >= 0.3 is 5.97 Å². The Balaban J connectivity index is 1.62. The van der Waals surface area contributed by atoms with E-state index in [0.29, 0.717) is 18.3 Å². The number of hydrogen-bond donors (Lipinski definition) is 0. The predicted octanol–water partition coefficient (Wildman–Crippen LogP) is 5.79. The van der Waals surface area contributed by atoms with Crippen molar-refractivity contribution in [1.29, 1.82) is 0 Å². The molecule has 0 spiro atoms. The van der Waals surface area contributed by atoms with Gasteiger partial charge in [0.1, 0.15) is 0 Å². The number of hydrogen-bond acceptors (Lipinski definition) is 4. The van der Waals surface area contributed by atoms with Gasteiger partial charge in [-0.2, -0.15) is 0 Å². The van der Waals surface area contributed by atoms with Crippen LogP contribution in [0.5, 0.6) is 0 Å². The summed E-state index contributed by atoms with van der Waals surface area (Å²) in [5.74, 6) is 0.924. The standard InChI is InChI=1S/C27H34O4/c1-4-5-6-7-25(30)31-24(17-28)23-11-10-21-20-9-8-18-16-19(29)12-14-26(18,2)22(20)13-15-27(21,23)3/h12-14,16-17,20-21H,4-11,15H2,1-3H3/t20-,21-,26-,27-/m0/s1. The molecule has 31 heavy (non-hydrogen) atoms. The van der Waals surface area contributed by atoms with Gasteiger partial charge in [-0.15, -0.1) is 0 Å². The largest absolute Gasteiger partial charge is 0.423 e. The fourth-order valence-corrected chi connectivity index (χ4v) is 6.60. The Labute approximate surface area is 185 Å². The van der Waals surface area contributed by atoms with E-state index in [0.717, 1.165) is 63.2 Å². The summed E-state index contributed by atoms with van der Waals surface area (Å²) in [5, 5.41) is 0. The summed E-state index contributed by atoms with van der Waals surface area (Å²) in [6.07, 6.45) is 16.6. The average molecular weight is 423 g/mol. The smallest absolute Gasteiger partial charge is 0.311 e. The van der Waals surface area contributed by atoms with Crippen molar-refractivity contribution in [2.75, 3.05) is 0 Å².